The summed E-state index contributed by atoms with van der Waals surface area (Å²) in [5.74, 6) is 0.543. The molecule has 0 fully saturated rings. The number of nitrogens with zero attached hydrogens (tertiary/aromatic N) is 5. The normalized spacial score (nSPS) is 11.1. The molecule has 0 saturated heterocycles. The molecule has 142 valence electrons. The third-order valence-corrected chi connectivity index (χ3v) is 5.49. The zero-order chi connectivity index (χ0) is 19.2. The van der Waals surface area contributed by atoms with Crippen molar-refractivity contribution in [2.75, 3.05) is 11.1 Å². The van der Waals surface area contributed by atoms with Crippen LogP contribution in [0.1, 0.15) is 26.3 Å². The number of nitrogens with one attached hydrogen (secondary N) is 1. The van der Waals surface area contributed by atoms with Crippen LogP contribution < -0.4 is 5.32 Å². The molecule has 0 unspecified atom stereocenters. The Morgan fingerprint density at radius 2 is 2.07 bits per heavy atom. The van der Waals surface area contributed by atoms with E-state index in [9.17, 15) is 4.79 Å². The Morgan fingerprint density at radius 1 is 1.30 bits per heavy atom. The molecular formula is C18H22N6OS2. The maximum absolute atomic E-state index is 12.2. The highest BCUT2D eigenvalue weighted by atomic mass is 32.2. The molecule has 0 bridgehead atoms. The van der Waals surface area contributed by atoms with Crippen LogP contribution in [-0.4, -0.2) is 36.9 Å². The lowest BCUT2D eigenvalue weighted by Gasteiger charge is -2.06. The quantitative estimate of drug-likeness (QED) is 0.578. The summed E-state index contributed by atoms with van der Waals surface area (Å²) in [5, 5.41) is 17.7. The molecule has 9 heteroatoms. The molecule has 2 heterocycles. The van der Waals surface area contributed by atoms with Gasteiger partial charge in [0.2, 0.25) is 11.1 Å². The van der Waals surface area contributed by atoms with Gasteiger partial charge in [-0.3, -0.25) is 4.79 Å². The van der Waals surface area contributed by atoms with Gasteiger partial charge in [-0.2, -0.15) is 0 Å². The number of tetrazole rings is 1. The molecule has 7 nitrogen and oxygen atoms in total. The van der Waals surface area contributed by atoms with Gasteiger partial charge in [-0.15, -0.1) is 16.4 Å². The number of aromatic nitrogens is 5. The van der Waals surface area contributed by atoms with Crippen LogP contribution in [0.5, 0.6) is 0 Å². The lowest BCUT2D eigenvalue weighted by molar-refractivity contribution is -0.113. The minimum Gasteiger partial charge on any atom is -0.301 e. The number of anilines is 1. The Labute approximate surface area is 166 Å². The van der Waals surface area contributed by atoms with Crippen molar-refractivity contribution in [1.29, 1.82) is 0 Å². The van der Waals surface area contributed by atoms with Gasteiger partial charge in [0.05, 0.1) is 11.4 Å². The van der Waals surface area contributed by atoms with Crippen molar-refractivity contribution < 1.29 is 4.79 Å². The van der Waals surface area contributed by atoms with Crippen LogP contribution in [0.4, 0.5) is 5.13 Å². The molecule has 0 atom stereocenters. The first-order valence-electron chi connectivity index (χ1n) is 8.78. The molecule has 0 spiro atoms. The maximum atomic E-state index is 12.2. The number of thiazole rings is 1. The summed E-state index contributed by atoms with van der Waals surface area (Å²) in [7, 11) is 0. The van der Waals surface area contributed by atoms with Gasteiger partial charge >= 0.3 is 0 Å². The van der Waals surface area contributed by atoms with Gasteiger partial charge in [0.15, 0.2) is 5.13 Å². The van der Waals surface area contributed by atoms with Gasteiger partial charge in [0.1, 0.15) is 0 Å². The van der Waals surface area contributed by atoms with E-state index in [4.69, 9.17) is 0 Å². The first-order chi connectivity index (χ1) is 13.0. The molecule has 0 saturated carbocycles. The molecule has 0 aliphatic heterocycles. The van der Waals surface area contributed by atoms with Crippen LogP contribution in [0.25, 0.3) is 11.3 Å². The fourth-order valence-electron chi connectivity index (χ4n) is 2.42. The van der Waals surface area contributed by atoms with Crippen LogP contribution in [0.2, 0.25) is 0 Å². The average Bonchev–Trinajstić information content (AvgIpc) is 3.29. The van der Waals surface area contributed by atoms with Gasteiger partial charge in [-0.1, -0.05) is 56.8 Å². The summed E-state index contributed by atoms with van der Waals surface area (Å²) < 4.78 is 1.73. The number of thioether (sulfide) groups is 1. The first kappa shape index (κ1) is 19.5. The van der Waals surface area contributed by atoms with E-state index in [1.54, 1.807) is 4.68 Å². The highest BCUT2D eigenvalue weighted by molar-refractivity contribution is 7.99. The molecule has 0 aliphatic rings. The predicted molar refractivity (Wildman–Crippen MR) is 109 cm³/mol. The third-order valence-electron chi connectivity index (χ3n) is 3.78. The second-order valence-corrected chi connectivity index (χ2v) is 8.26. The smallest absolute Gasteiger partial charge is 0.236 e. The minimum absolute atomic E-state index is 0.124. The van der Waals surface area contributed by atoms with Gasteiger partial charge in [0, 0.05) is 17.5 Å². The Bertz CT molecular complexity index is 887. The second kappa shape index (κ2) is 9.09. The van der Waals surface area contributed by atoms with Crippen LogP contribution in [0.15, 0.2) is 34.8 Å². The van der Waals surface area contributed by atoms with Crippen molar-refractivity contribution in [3.05, 3.63) is 35.2 Å². The summed E-state index contributed by atoms with van der Waals surface area (Å²) in [6, 6.07) is 8.32. The second-order valence-electron chi connectivity index (χ2n) is 6.46. The van der Waals surface area contributed by atoms with Crippen LogP contribution in [0.3, 0.4) is 0 Å². The maximum Gasteiger partial charge on any atom is 0.236 e. The number of benzene rings is 1. The Morgan fingerprint density at radius 3 is 2.78 bits per heavy atom. The third kappa shape index (κ3) is 5.36. The molecule has 1 N–H and O–H groups in total. The van der Waals surface area contributed by atoms with Crippen LogP contribution in [0, 0.1) is 5.92 Å². The van der Waals surface area contributed by atoms with E-state index in [1.807, 2.05) is 5.38 Å². The van der Waals surface area contributed by atoms with E-state index in [2.05, 4.69) is 70.9 Å². The number of amides is 1. The zero-order valence-electron chi connectivity index (χ0n) is 15.5. The van der Waals surface area contributed by atoms with Crippen LogP contribution in [-0.2, 0) is 17.8 Å². The average molecular weight is 403 g/mol. The largest absolute Gasteiger partial charge is 0.301 e. The van der Waals surface area contributed by atoms with Crippen molar-refractivity contribution in [3.8, 4) is 11.3 Å². The van der Waals surface area contributed by atoms with Crippen molar-refractivity contribution in [3.63, 3.8) is 0 Å². The number of aryl methyl sites for hydroxylation is 1. The molecule has 0 aliphatic carbocycles. The Hall–Kier alpha value is -2.26. The zero-order valence-corrected chi connectivity index (χ0v) is 17.2. The van der Waals surface area contributed by atoms with E-state index in [1.165, 1.54) is 28.7 Å². The molecule has 1 amide bonds. The summed E-state index contributed by atoms with van der Waals surface area (Å²) in [6.07, 6.45) is 1.01. The topological polar surface area (TPSA) is 85.6 Å². The number of carbonyl (C=O) groups is 1. The molecule has 1 aromatic carbocycles. The number of hydrogen-bond donors (Lipinski definition) is 1. The number of carbonyl (C=O) groups excluding carboxylic acids is 1. The highest BCUT2D eigenvalue weighted by Gasteiger charge is 2.13. The predicted octanol–water partition coefficient (Wildman–Crippen LogP) is 3.75. The monoisotopic (exact) mass is 402 g/mol. The van der Waals surface area contributed by atoms with Gasteiger partial charge in [-0.25, -0.2) is 9.67 Å². The van der Waals surface area contributed by atoms with Crippen molar-refractivity contribution >= 4 is 34.1 Å². The standard InChI is InChI=1S/C18H22N6OS2/c1-4-13-5-7-14(8-6-13)15-10-26-17(19-15)20-16(25)11-27-18-21-22-23-24(18)9-12(2)3/h5-8,10,12H,4,9,11H2,1-3H3,(H,19,20,25). The van der Waals surface area contributed by atoms with E-state index in [0.29, 0.717) is 16.2 Å². The molecule has 3 rings (SSSR count). The van der Waals surface area contributed by atoms with E-state index < -0.39 is 0 Å². The Balaban J connectivity index is 1.55. The van der Waals surface area contributed by atoms with Gasteiger partial charge in [0.25, 0.3) is 0 Å². The summed E-state index contributed by atoms with van der Waals surface area (Å²) in [5.41, 5.74) is 3.21. The van der Waals surface area contributed by atoms with E-state index in [-0.39, 0.29) is 11.7 Å². The van der Waals surface area contributed by atoms with E-state index >= 15 is 0 Å². The highest BCUT2D eigenvalue weighted by Crippen LogP contribution is 2.25. The first-order valence-corrected chi connectivity index (χ1v) is 10.6. The van der Waals surface area contributed by atoms with Crippen molar-refractivity contribution in [1.82, 2.24) is 25.2 Å². The van der Waals surface area contributed by atoms with E-state index in [0.717, 1.165) is 24.2 Å². The van der Waals surface area contributed by atoms with Crippen molar-refractivity contribution in [2.45, 2.75) is 38.9 Å². The number of rotatable bonds is 8. The molecule has 27 heavy (non-hydrogen) atoms. The van der Waals surface area contributed by atoms with Gasteiger partial charge in [-0.05, 0) is 28.3 Å². The Kier molecular flexibility index (Phi) is 6.57. The fraction of sp³-hybridized carbons (Fsp3) is 0.389. The summed E-state index contributed by atoms with van der Waals surface area (Å²) in [6.45, 7) is 7.05. The van der Waals surface area contributed by atoms with Crippen molar-refractivity contribution in [2.24, 2.45) is 5.92 Å². The lowest BCUT2D eigenvalue weighted by atomic mass is 10.1. The lowest BCUT2D eigenvalue weighted by Crippen LogP contribution is -2.15. The summed E-state index contributed by atoms with van der Waals surface area (Å²) in [4.78, 5) is 16.7. The molecule has 3 aromatic rings. The molecular weight excluding hydrogens is 380 g/mol. The molecule has 0 radical (unpaired) electrons. The SMILES string of the molecule is CCc1ccc(-c2csc(NC(=O)CSc3nnnn3CC(C)C)n2)cc1. The number of hydrogen-bond acceptors (Lipinski definition) is 7. The molecule has 2 aromatic heterocycles. The minimum atomic E-state index is -0.124. The summed E-state index contributed by atoms with van der Waals surface area (Å²) >= 11 is 2.74. The van der Waals surface area contributed by atoms with Crippen LogP contribution >= 0.6 is 23.1 Å². The van der Waals surface area contributed by atoms with Gasteiger partial charge < -0.3 is 5.32 Å². The fourth-order valence-corrected chi connectivity index (χ4v) is 3.84.